The van der Waals surface area contributed by atoms with Crippen LogP contribution in [0.25, 0.3) is 0 Å². The average molecular weight is 286 g/mol. The van der Waals surface area contributed by atoms with Crippen LogP contribution in [0.2, 0.25) is 0 Å². The third kappa shape index (κ3) is 2.27. The van der Waals surface area contributed by atoms with E-state index in [1.54, 1.807) is 0 Å². The number of hydrazine groups is 1. The fraction of sp³-hybridized carbons (Fsp3) is 0.600. The van der Waals surface area contributed by atoms with Gasteiger partial charge in [-0.25, -0.2) is 15.8 Å². The summed E-state index contributed by atoms with van der Waals surface area (Å²) >= 11 is 3.48. The maximum Gasteiger partial charge on any atom is 0.159 e. The molecule has 1 aromatic heterocycles. The number of anilines is 2. The molecule has 0 atom stereocenters. The lowest BCUT2D eigenvalue weighted by atomic mass is 9.99. The van der Waals surface area contributed by atoms with E-state index in [0.717, 1.165) is 29.3 Å². The van der Waals surface area contributed by atoms with Gasteiger partial charge < -0.3 is 10.3 Å². The summed E-state index contributed by atoms with van der Waals surface area (Å²) in [5, 5.41) is 0. The molecule has 2 rings (SSSR count). The van der Waals surface area contributed by atoms with Crippen molar-refractivity contribution in [3.8, 4) is 0 Å². The van der Waals surface area contributed by atoms with Crippen LogP contribution in [-0.2, 0) is 0 Å². The smallest absolute Gasteiger partial charge is 0.159 e. The van der Waals surface area contributed by atoms with Crippen molar-refractivity contribution in [2.75, 3.05) is 23.4 Å². The zero-order valence-electron chi connectivity index (χ0n) is 9.28. The number of halogens is 1. The first-order valence-electron chi connectivity index (χ1n) is 5.44. The Morgan fingerprint density at radius 2 is 2.12 bits per heavy atom. The van der Waals surface area contributed by atoms with Crippen molar-refractivity contribution in [3.05, 3.63) is 10.8 Å². The monoisotopic (exact) mass is 285 g/mol. The van der Waals surface area contributed by atoms with Crippen molar-refractivity contribution < 1.29 is 0 Å². The van der Waals surface area contributed by atoms with Crippen molar-refractivity contribution in [2.24, 2.45) is 11.8 Å². The van der Waals surface area contributed by atoms with E-state index < -0.39 is 0 Å². The van der Waals surface area contributed by atoms with E-state index in [4.69, 9.17) is 5.84 Å². The summed E-state index contributed by atoms with van der Waals surface area (Å²) in [7, 11) is 0. The molecule has 0 saturated carbocycles. The molecule has 0 bridgehead atoms. The first-order chi connectivity index (χ1) is 7.72. The van der Waals surface area contributed by atoms with Gasteiger partial charge in [0.15, 0.2) is 5.82 Å². The summed E-state index contributed by atoms with van der Waals surface area (Å²) in [5.74, 6) is 7.75. The standard InChI is InChI=1S/C10H16BrN5/c1-7-2-4-16(5-3-7)10-8(11)9(15-12)13-6-14-10/h6-7H,2-5,12H2,1H3,(H,13,14,15). The van der Waals surface area contributed by atoms with Crippen molar-refractivity contribution in [1.82, 2.24) is 9.97 Å². The summed E-state index contributed by atoms with van der Waals surface area (Å²) in [4.78, 5) is 10.6. The predicted octanol–water partition coefficient (Wildman–Crippen LogP) is 1.76. The van der Waals surface area contributed by atoms with Gasteiger partial charge in [-0.2, -0.15) is 0 Å². The Bertz CT molecular complexity index is 362. The molecule has 5 nitrogen and oxygen atoms in total. The molecule has 1 saturated heterocycles. The lowest BCUT2D eigenvalue weighted by Gasteiger charge is -2.31. The van der Waals surface area contributed by atoms with Crippen LogP contribution in [0.15, 0.2) is 10.8 Å². The van der Waals surface area contributed by atoms with Crippen LogP contribution >= 0.6 is 15.9 Å². The number of hydrogen-bond donors (Lipinski definition) is 2. The van der Waals surface area contributed by atoms with Crippen LogP contribution < -0.4 is 16.2 Å². The third-order valence-corrected chi connectivity index (χ3v) is 3.72. The number of nitrogens with zero attached hydrogens (tertiary/aromatic N) is 3. The van der Waals surface area contributed by atoms with Gasteiger partial charge in [-0.15, -0.1) is 0 Å². The maximum absolute atomic E-state index is 5.38. The van der Waals surface area contributed by atoms with Crippen LogP contribution in [0.1, 0.15) is 19.8 Å². The highest BCUT2D eigenvalue weighted by Gasteiger charge is 2.20. The van der Waals surface area contributed by atoms with Crippen LogP contribution in [-0.4, -0.2) is 23.1 Å². The van der Waals surface area contributed by atoms with Gasteiger partial charge in [0.2, 0.25) is 0 Å². The average Bonchev–Trinajstić information content (AvgIpc) is 2.31. The van der Waals surface area contributed by atoms with E-state index in [9.17, 15) is 0 Å². The van der Waals surface area contributed by atoms with Crippen molar-refractivity contribution in [2.45, 2.75) is 19.8 Å². The fourth-order valence-corrected chi connectivity index (χ4v) is 2.47. The first kappa shape index (κ1) is 11.6. The first-order valence-corrected chi connectivity index (χ1v) is 6.23. The Labute approximate surface area is 104 Å². The molecule has 0 spiro atoms. The minimum atomic E-state index is 0.628. The summed E-state index contributed by atoms with van der Waals surface area (Å²) in [6, 6.07) is 0. The second-order valence-electron chi connectivity index (χ2n) is 4.17. The van der Waals surface area contributed by atoms with E-state index in [1.165, 1.54) is 19.2 Å². The molecular formula is C10H16BrN5. The summed E-state index contributed by atoms with van der Waals surface area (Å²) in [6.45, 7) is 4.38. The second kappa shape index (κ2) is 4.97. The normalized spacial score (nSPS) is 17.6. The number of aromatic nitrogens is 2. The highest BCUT2D eigenvalue weighted by molar-refractivity contribution is 9.10. The largest absolute Gasteiger partial charge is 0.355 e. The zero-order chi connectivity index (χ0) is 11.5. The lowest BCUT2D eigenvalue weighted by Crippen LogP contribution is -2.33. The molecule has 6 heteroatoms. The van der Waals surface area contributed by atoms with Crippen LogP contribution in [0.5, 0.6) is 0 Å². The second-order valence-corrected chi connectivity index (χ2v) is 4.97. The lowest BCUT2D eigenvalue weighted by molar-refractivity contribution is 0.436. The topological polar surface area (TPSA) is 67.1 Å². The molecule has 0 unspecified atom stereocenters. The molecule has 1 aliphatic heterocycles. The predicted molar refractivity (Wildman–Crippen MR) is 68.2 cm³/mol. The van der Waals surface area contributed by atoms with Crippen molar-refractivity contribution in [1.29, 1.82) is 0 Å². The van der Waals surface area contributed by atoms with E-state index in [-0.39, 0.29) is 0 Å². The fourth-order valence-electron chi connectivity index (χ4n) is 1.90. The minimum Gasteiger partial charge on any atom is -0.355 e. The molecule has 0 aliphatic carbocycles. The summed E-state index contributed by atoms with van der Waals surface area (Å²) < 4.78 is 0.840. The van der Waals surface area contributed by atoms with Crippen LogP contribution in [0, 0.1) is 5.92 Å². The van der Waals surface area contributed by atoms with Gasteiger partial charge in [0, 0.05) is 13.1 Å². The maximum atomic E-state index is 5.38. The molecule has 0 amide bonds. The number of nitrogen functional groups attached to an aromatic ring is 1. The van der Waals surface area contributed by atoms with Gasteiger partial charge >= 0.3 is 0 Å². The number of rotatable bonds is 2. The van der Waals surface area contributed by atoms with Crippen molar-refractivity contribution in [3.63, 3.8) is 0 Å². The van der Waals surface area contributed by atoms with Gasteiger partial charge in [-0.05, 0) is 34.7 Å². The zero-order valence-corrected chi connectivity index (χ0v) is 10.9. The number of piperidine rings is 1. The Balaban J connectivity index is 2.20. The van der Waals surface area contributed by atoms with Gasteiger partial charge in [-0.1, -0.05) is 6.92 Å². The number of nitrogens with two attached hydrogens (primary N) is 1. The molecule has 1 aromatic rings. The summed E-state index contributed by atoms with van der Waals surface area (Å²) in [5.41, 5.74) is 2.56. The van der Waals surface area contributed by atoms with Crippen LogP contribution in [0.3, 0.4) is 0 Å². The van der Waals surface area contributed by atoms with E-state index >= 15 is 0 Å². The van der Waals surface area contributed by atoms with E-state index in [1.807, 2.05) is 0 Å². The number of hydrogen-bond acceptors (Lipinski definition) is 5. The molecular weight excluding hydrogens is 270 g/mol. The summed E-state index contributed by atoms with van der Waals surface area (Å²) in [6.07, 6.45) is 3.96. The number of nitrogens with one attached hydrogen (secondary N) is 1. The molecule has 0 aromatic carbocycles. The van der Waals surface area contributed by atoms with Gasteiger partial charge in [0.25, 0.3) is 0 Å². The Kier molecular flexibility index (Phi) is 3.60. The van der Waals surface area contributed by atoms with Gasteiger partial charge in [0.1, 0.15) is 16.6 Å². The SMILES string of the molecule is CC1CCN(c2ncnc(NN)c2Br)CC1. The molecule has 3 N–H and O–H groups in total. The van der Waals surface area contributed by atoms with Gasteiger partial charge in [0.05, 0.1) is 0 Å². The quantitative estimate of drug-likeness (QED) is 0.640. The molecule has 16 heavy (non-hydrogen) atoms. The van der Waals surface area contributed by atoms with Crippen LogP contribution in [0.4, 0.5) is 11.6 Å². The molecule has 1 fully saturated rings. The van der Waals surface area contributed by atoms with E-state index in [0.29, 0.717) is 5.82 Å². The Morgan fingerprint density at radius 3 is 2.75 bits per heavy atom. The third-order valence-electron chi connectivity index (χ3n) is 2.99. The molecule has 1 aliphatic rings. The van der Waals surface area contributed by atoms with Crippen molar-refractivity contribution >= 4 is 27.6 Å². The molecule has 88 valence electrons. The Morgan fingerprint density at radius 1 is 1.44 bits per heavy atom. The molecule has 0 radical (unpaired) electrons. The van der Waals surface area contributed by atoms with Gasteiger partial charge in [-0.3, -0.25) is 0 Å². The molecule has 2 heterocycles. The highest BCUT2D eigenvalue weighted by Crippen LogP contribution is 2.31. The highest BCUT2D eigenvalue weighted by atomic mass is 79.9. The minimum absolute atomic E-state index is 0.628. The van der Waals surface area contributed by atoms with E-state index in [2.05, 4.69) is 43.1 Å². The Hall–Kier alpha value is -0.880.